The van der Waals surface area contributed by atoms with Gasteiger partial charge in [0, 0.05) is 16.5 Å². The largest absolute Gasteiger partial charge is 0.378 e. The van der Waals surface area contributed by atoms with Crippen LogP contribution in [0.3, 0.4) is 0 Å². The van der Waals surface area contributed by atoms with Gasteiger partial charge in [0.2, 0.25) is 5.95 Å². The number of thioether (sulfide) groups is 1. The number of nitrogens with zero attached hydrogens (tertiary/aromatic N) is 3. The molecule has 3 N–H and O–H groups in total. The van der Waals surface area contributed by atoms with E-state index < -0.39 is 0 Å². The molecule has 2 aromatic rings. The van der Waals surface area contributed by atoms with Crippen molar-refractivity contribution in [1.29, 1.82) is 0 Å². The molecule has 0 spiro atoms. The Hall–Kier alpha value is -1.53. The van der Waals surface area contributed by atoms with E-state index in [2.05, 4.69) is 27.2 Å². The first-order valence-corrected chi connectivity index (χ1v) is 8.66. The second-order valence-electron chi connectivity index (χ2n) is 4.81. The van der Waals surface area contributed by atoms with E-state index in [9.17, 15) is 0 Å². The van der Waals surface area contributed by atoms with E-state index in [1.54, 1.807) is 11.8 Å². The average Bonchev–Trinajstić information content (AvgIpc) is 2.49. The first-order valence-electron chi connectivity index (χ1n) is 7.30. The molecule has 1 aromatic heterocycles. The number of anilines is 2. The zero-order valence-electron chi connectivity index (χ0n) is 12.6. The molecule has 1 aromatic carbocycles. The Morgan fingerprint density at radius 3 is 2.86 bits per heavy atom. The molecule has 0 bridgehead atoms. The zero-order valence-corrected chi connectivity index (χ0v) is 14.1. The quantitative estimate of drug-likeness (QED) is 0.560. The lowest BCUT2D eigenvalue weighted by Gasteiger charge is -2.07. The van der Waals surface area contributed by atoms with Gasteiger partial charge in [-0.2, -0.15) is 9.97 Å². The number of nitrogens with one attached hydrogen (secondary N) is 1. The van der Waals surface area contributed by atoms with Gasteiger partial charge in [-0.15, -0.1) is 0 Å². The molecule has 0 aliphatic rings. The summed E-state index contributed by atoms with van der Waals surface area (Å²) in [5.74, 6) is 1.89. The number of halogens is 1. The standard InChI is InChI=1S/C15H20ClN5S/c1-2-3-4-8-22-15-20-13(19-14(17)21-15)10-18-12-7-5-6-11(16)9-12/h5-7,9,18H,2-4,8,10H2,1H3,(H2,17,19,20,21). The highest BCUT2D eigenvalue weighted by Crippen LogP contribution is 2.18. The molecule has 0 unspecified atom stereocenters. The summed E-state index contributed by atoms with van der Waals surface area (Å²) in [6.07, 6.45) is 3.58. The lowest BCUT2D eigenvalue weighted by atomic mass is 10.3. The molecule has 0 aliphatic carbocycles. The highest BCUT2D eigenvalue weighted by atomic mass is 35.5. The average molecular weight is 338 g/mol. The van der Waals surface area contributed by atoms with Crippen molar-refractivity contribution in [3.63, 3.8) is 0 Å². The first kappa shape index (κ1) is 16.8. The molecule has 0 fully saturated rings. The second-order valence-corrected chi connectivity index (χ2v) is 6.31. The van der Waals surface area contributed by atoms with Crippen LogP contribution in [0.1, 0.15) is 32.0 Å². The fourth-order valence-corrected chi connectivity index (χ4v) is 2.90. The minimum atomic E-state index is 0.260. The van der Waals surface area contributed by atoms with Gasteiger partial charge in [0.05, 0.1) is 6.54 Å². The van der Waals surface area contributed by atoms with Crippen LogP contribution in [0.15, 0.2) is 29.4 Å². The third kappa shape index (κ3) is 5.69. The maximum absolute atomic E-state index is 5.96. The van der Waals surface area contributed by atoms with Gasteiger partial charge in [-0.1, -0.05) is 49.2 Å². The smallest absolute Gasteiger partial charge is 0.224 e. The van der Waals surface area contributed by atoms with Crippen molar-refractivity contribution in [2.45, 2.75) is 37.9 Å². The number of nitrogens with two attached hydrogens (primary N) is 1. The second kappa shape index (κ2) is 8.80. The van der Waals surface area contributed by atoms with Crippen LogP contribution in [0.4, 0.5) is 11.6 Å². The van der Waals surface area contributed by atoms with Crippen LogP contribution in [0.2, 0.25) is 5.02 Å². The molecule has 118 valence electrons. The fourth-order valence-electron chi connectivity index (χ4n) is 1.85. The van der Waals surface area contributed by atoms with E-state index >= 15 is 0 Å². The maximum atomic E-state index is 5.96. The lowest BCUT2D eigenvalue weighted by molar-refractivity contribution is 0.774. The lowest BCUT2D eigenvalue weighted by Crippen LogP contribution is -2.09. The number of unbranched alkanes of at least 4 members (excludes halogenated alkanes) is 2. The molecule has 2 rings (SSSR count). The Labute approximate surface area is 140 Å². The van der Waals surface area contributed by atoms with Gasteiger partial charge < -0.3 is 11.1 Å². The topological polar surface area (TPSA) is 76.7 Å². The molecule has 22 heavy (non-hydrogen) atoms. The van der Waals surface area contributed by atoms with Crippen LogP contribution in [0.5, 0.6) is 0 Å². The van der Waals surface area contributed by atoms with E-state index in [-0.39, 0.29) is 5.95 Å². The van der Waals surface area contributed by atoms with Gasteiger partial charge in [0.25, 0.3) is 0 Å². The Morgan fingerprint density at radius 2 is 2.09 bits per heavy atom. The molecular formula is C15H20ClN5S. The van der Waals surface area contributed by atoms with Gasteiger partial charge in [-0.3, -0.25) is 0 Å². The molecule has 0 aliphatic heterocycles. The summed E-state index contributed by atoms with van der Waals surface area (Å²) in [6, 6.07) is 7.52. The van der Waals surface area contributed by atoms with Crippen molar-refractivity contribution in [1.82, 2.24) is 15.0 Å². The summed E-state index contributed by atoms with van der Waals surface area (Å²) in [5, 5.41) is 4.60. The Balaban J connectivity index is 1.94. The molecule has 1 heterocycles. The van der Waals surface area contributed by atoms with E-state index in [0.29, 0.717) is 22.5 Å². The Bertz CT molecular complexity index is 608. The predicted molar refractivity (Wildman–Crippen MR) is 93.3 cm³/mol. The predicted octanol–water partition coefficient (Wildman–Crippen LogP) is 4.00. The van der Waals surface area contributed by atoms with Crippen LogP contribution in [0.25, 0.3) is 0 Å². The summed E-state index contributed by atoms with van der Waals surface area (Å²) in [7, 11) is 0. The highest BCUT2D eigenvalue weighted by Gasteiger charge is 2.05. The van der Waals surface area contributed by atoms with Crippen LogP contribution >= 0.6 is 23.4 Å². The number of rotatable bonds is 8. The van der Waals surface area contributed by atoms with Crippen molar-refractivity contribution in [2.75, 3.05) is 16.8 Å². The minimum Gasteiger partial charge on any atom is -0.378 e. The summed E-state index contributed by atoms with van der Waals surface area (Å²) >= 11 is 7.58. The van der Waals surface area contributed by atoms with Gasteiger partial charge in [-0.05, 0) is 24.6 Å². The van der Waals surface area contributed by atoms with Crippen LogP contribution in [-0.2, 0) is 6.54 Å². The number of hydrogen-bond donors (Lipinski definition) is 2. The Kier molecular flexibility index (Phi) is 6.74. The molecule has 0 atom stereocenters. The zero-order chi connectivity index (χ0) is 15.8. The molecule has 0 saturated heterocycles. The van der Waals surface area contributed by atoms with E-state index in [0.717, 1.165) is 17.9 Å². The SMILES string of the molecule is CCCCCSc1nc(N)nc(CNc2cccc(Cl)c2)n1. The molecule has 0 amide bonds. The van der Waals surface area contributed by atoms with Gasteiger partial charge in [0.1, 0.15) is 0 Å². The number of hydrogen-bond acceptors (Lipinski definition) is 6. The van der Waals surface area contributed by atoms with Crippen LogP contribution in [0, 0.1) is 0 Å². The van der Waals surface area contributed by atoms with Crippen molar-refractivity contribution in [2.24, 2.45) is 0 Å². The summed E-state index contributed by atoms with van der Waals surface area (Å²) in [6.45, 7) is 2.67. The third-order valence-electron chi connectivity index (χ3n) is 2.93. The third-order valence-corrected chi connectivity index (χ3v) is 4.10. The highest BCUT2D eigenvalue weighted by molar-refractivity contribution is 7.99. The normalized spacial score (nSPS) is 10.6. The van der Waals surface area contributed by atoms with E-state index in [1.165, 1.54) is 12.8 Å². The fraction of sp³-hybridized carbons (Fsp3) is 0.400. The summed E-state index contributed by atoms with van der Waals surface area (Å²) in [4.78, 5) is 12.8. The number of benzene rings is 1. The van der Waals surface area contributed by atoms with Gasteiger partial charge >= 0.3 is 0 Å². The molecule has 5 nitrogen and oxygen atoms in total. The summed E-state index contributed by atoms with van der Waals surface area (Å²) < 4.78 is 0. The molecular weight excluding hydrogens is 318 g/mol. The van der Waals surface area contributed by atoms with Gasteiger partial charge in [-0.25, -0.2) is 4.98 Å². The monoisotopic (exact) mass is 337 g/mol. The summed E-state index contributed by atoms with van der Waals surface area (Å²) in [5.41, 5.74) is 6.68. The van der Waals surface area contributed by atoms with Crippen LogP contribution in [-0.4, -0.2) is 20.7 Å². The number of aromatic nitrogens is 3. The Morgan fingerprint density at radius 1 is 1.23 bits per heavy atom. The number of nitrogen functional groups attached to an aromatic ring is 1. The molecule has 0 radical (unpaired) electrons. The van der Waals surface area contributed by atoms with Crippen molar-refractivity contribution < 1.29 is 0 Å². The minimum absolute atomic E-state index is 0.260. The van der Waals surface area contributed by atoms with Crippen molar-refractivity contribution in [3.05, 3.63) is 35.1 Å². The van der Waals surface area contributed by atoms with Crippen molar-refractivity contribution >= 4 is 35.0 Å². The van der Waals surface area contributed by atoms with Gasteiger partial charge in [0.15, 0.2) is 11.0 Å². The maximum Gasteiger partial charge on any atom is 0.224 e. The van der Waals surface area contributed by atoms with E-state index in [1.807, 2.05) is 24.3 Å². The van der Waals surface area contributed by atoms with Crippen molar-refractivity contribution in [3.8, 4) is 0 Å². The van der Waals surface area contributed by atoms with Crippen LogP contribution < -0.4 is 11.1 Å². The molecule has 0 saturated carbocycles. The van der Waals surface area contributed by atoms with E-state index in [4.69, 9.17) is 17.3 Å². The molecule has 7 heteroatoms. The first-order chi connectivity index (χ1) is 10.7.